The van der Waals surface area contributed by atoms with E-state index in [1.807, 2.05) is 31.2 Å². The highest BCUT2D eigenvalue weighted by molar-refractivity contribution is 5.76. The first kappa shape index (κ1) is 14.9. The van der Waals surface area contributed by atoms with Crippen molar-refractivity contribution >= 4 is 5.91 Å². The average molecular weight is 277 g/mol. The summed E-state index contributed by atoms with van der Waals surface area (Å²) in [4.78, 5) is 11.7. The van der Waals surface area contributed by atoms with Gasteiger partial charge in [-0.2, -0.15) is 0 Å². The predicted molar refractivity (Wildman–Crippen MR) is 77.7 cm³/mol. The Morgan fingerprint density at radius 3 is 2.65 bits per heavy atom. The molecule has 4 heteroatoms. The Labute approximate surface area is 120 Å². The lowest BCUT2D eigenvalue weighted by Gasteiger charge is -2.14. The molecule has 0 aromatic heterocycles. The fourth-order valence-electron chi connectivity index (χ4n) is 2.20. The van der Waals surface area contributed by atoms with Crippen LogP contribution in [0, 0.1) is 12.3 Å². The first-order chi connectivity index (χ1) is 9.63. The van der Waals surface area contributed by atoms with Crippen molar-refractivity contribution in [2.24, 2.45) is 5.41 Å². The minimum atomic E-state index is 0.0151. The van der Waals surface area contributed by atoms with E-state index in [0.717, 1.165) is 25.0 Å². The number of carbonyl (C=O) groups excluding carboxylic acids is 1. The van der Waals surface area contributed by atoms with Crippen molar-refractivity contribution < 1.29 is 14.6 Å². The summed E-state index contributed by atoms with van der Waals surface area (Å²) in [5.74, 6) is 0.809. The van der Waals surface area contributed by atoms with Gasteiger partial charge in [-0.25, -0.2) is 0 Å². The summed E-state index contributed by atoms with van der Waals surface area (Å²) in [7, 11) is 0. The molecule has 0 heterocycles. The normalized spacial score (nSPS) is 15.7. The van der Waals surface area contributed by atoms with Crippen LogP contribution in [0.4, 0.5) is 0 Å². The topological polar surface area (TPSA) is 58.6 Å². The van der Waals surface area contributed by atoms with Crippen LogP contribution in [0.5, 0.6) is 5.75 Å². The molecule has 0 unspecified atom stereocenters. The highest BCUT2D eigenvalue weighted by atomic mass is 16.5. The molecule has 1 amide bonds. The van der Waals surface area contributed by atoms with Crippen LogP contribution in [0.15, 0.2) is 24.3 Å². The fraction of sp³-hybridized carbons (Fsp3) is 0.562. The molecule has 0 bridgehead atoms. The summed E-state index contributed by atoms with van der Waals surface area (Å²) in [6.45, 7) is 3.29. The molecule has 1 fully saturated rings. The molecule has 1 saturated carbocycles. The zero-order valence-electron chi connectivity index (χ0n) is 12.0. The molecule has 2 rings (SSSR count). The van der Waals surface area contributed by atoms with E-state index in [0.29, 0.717) is 19.6 Å². The SMILES string of the molecule is Cc1ccc(OCCC(=O)NCC2(CCO)CC2)cc1. The molecule has 0 saturated heterocycles. The molecule has 0 aliphatic heterocycles. The van der Waals surface area contributed by atoms with E-state index in [4.69, 9.17) is 9.84 Å². The molecule has 20 heavy (non-hydrogen) atoms. The molecule has 0 radical (unpaired) electrons. The lowest BCUT2D eigenvalue weighted by molar-refractivity contribution is -0.121. The van der Waals surface area contributed by atoms with Gasteiger partial charge in [-0.05, 0) is 43.7 Å². The lowest BCUT2D eigenvalue weighted by Crippen LogP contribution is -2.31. The third-order valence-corrected chi connectivity index (χ3v) is 3.88. The maximum absolute atomic E-state index is 11.7. The van der Waals surface area contributed by atoms with E-state index >= 15 is 0 Å². The van der Waals surface area contributed by atoms with E-state index in [2.05, 4.69) is 5.32 Å². The van der Waals surface area contributed by atoms with Crippen LogP contribution in [-0.4, -0.2) is 30.8 Å². The molecule has 0 spiro atoms. The van der Waals surface area contributed by atoms with Gasteiger partial charge in [0.05, 0.1) is 13.0 Å². The number of aryl methyl sites for hydroxylation is 1. The van der Waals surface area contributed by atoms with Crippen LogP contribution in [-0.2, 0) is 4.79 Å². The third-order valence-electron chi connectivity index (χ3n) is 3.88. The maximum atomic E-state index is 11.7. The quantitative estimate of drug-likeness (QED) is 0.764. The number of aliphatic hydroxyl groups is 1. The van der Waals surface area contributed by atoms with Crippen molar-refractivity contribution in [1.29, 1.82) is 0 Å². The second-order valence-corrected chi connectivity index (χ2v) is 5.66. The van der Waals surface area contributed by atoms with Crippen LogP contribution in [0.1, 0.15) is 31.2 Å². The van der Waals surface area contributed by atoms with Crippen molar-refractivity contribution in [3.63, 3.8) is 0 Å². The van der Waals surface area contributed by atoms with Crippen molar-refractivity contribution in [2.45, 2.75) is 32.6 Å². The molecule has 1 aromatic carbocycles. The van der Waals surface area contributed by atoms with Gasteiger partial charge in [-0.15, -0.1) is 0 Å². The van der Waals surface area contributed by atoms with Crippen molar-refractivity contribution in [2.75, 3.05) is 19.8 Å². The minimum absolute atomic E-state index is 0.0151. The number of rotatable bonds is 8. The molecule has 1 aliphatic carbocycles. The summed E-state index contributed by atoms with van der Waals surface area (Å²) in [5.41, 5.74) is 1.36. The Kier molecular flexibility index (Phi) is 5.01. The number of benzene rings is 1. The van der Waals surface area contributed by atoms with E-state index in [9.17, 15) is 4.79 Å². The largest absolute Gasteiger partial charge is 0.493 e. The van der Waals surface area contributed by atoms with Gasteiger partial charge in [0, 0.05) is 13.2 Å². The molecule has 1 aliphatic rings. The van der Waals surface area contributed by atoms with Gasteiger partial charge in [-0.1, -0.05) is 17.7 Å². The van der Waals surface area contributed by atoms with Gasteiger partial charge >= 0.3 is 0 Å². The lowest BCUT2D eigenvalue weighted by atomic mass is 10.0. The summed E-state index contributed by atoms with van der Waals surface area (Å²) in [6, 6.07) is 7.80. The molecule has 4 nitrogen and oxygen atoms in total. The number of carbonyl (C=O) groups is 1. The van der Waals surface area contributed by atoms with Gasteiger partial charge < -0.3 is 15.2 Å². The van der Waals surface area contributed by atoms with Crippen LogP contribution in [0.2, 0.25) is 0 Å². The number of amides is 1. The smallest absolute Gasteiger partial charge is 0.223 e. The van der Waals surface area contributed by atoms with Gasteiger partial charge in [0.15, 0.2) is 0 Å². The molecular formula is C16H23NO3. The van der Waals surface area contributed by atoms with Gasteiger partial charge in [0.1, 0.15) is 5.75 Å². The van der Waals surface area contributed by atoms with Crippen molar-refractivity contribution in [3.05, 3.63) is 29.8 Å². The minimum Gasteiger partial charge on any atom is -0.493 e. The van der Waals surface area contributed by atoms with E-state index < -0.39 is 0 Å². The second kappa shape index (κ2) is 6.75. The van der Waals surface area contributed by atoms with E-state index in [1.54, 1.807) is 0 Å². The summed E-state index contributed by atoms with van der Waals surface area (Å²) in [5, 5.41) is 11.9. The Bertz CT molecular complexity index is 438. The first-order valence-electron chi connectivity index (χ1n) is 7.21. The predicted octanol–water partition coefficient (Wildman–Crippen LogP) is 2.04. The maximum Gasteiger partial charge on any atom is 0.223 e. The molecule has 2 N–H and O–H groups in total. The molecule has 0 atom stereocenters. The van der Waals surface area contributed by atoms with Crippen LogP contribution >= 0.6 is 0 Å². The molecular weight excluding hydrogens is 254 g/mol. The van der Waals surface area contributed by atoms with Gasteiger partial charge in [-0.3, -0.25) is 4.79 Å². The number of aliphatic hydroxyl groups excluding tert-OH is 1. The van der Waals surface area contributed by atoms with E-state index in [-0.39, 0.29) is 17.9 Å². The monoisotopic (exact) mass is 277 g/mol. The number of hydrogen-bond donors (Lipinski definition) is 2. The fourth-order valence-corrected chi connectivity index (χ4v) is 2.20. The molecule has 1 aromatic rings. The van der Waals surface area contributed by atoms with Crippen LogP contribution in [0.25, 0.3) is 0 Å². The Morgan fingerprint density at radius 1 is 1.35 bits per heavy atom. The zero-order valence-corrected chi connectivity index (χ0v) is 12.0. The Hall–Kier alpha value is -1.55. The highest BCUT2D eigenvalue weighted by Crippen LogP contribution is 2.47. The zero-order chi connectivity index (χ0) is 14.4. The Morgan fingerprint density at radius 2 is 2.05 bits per heavy atom. The van der Waals surface area contributed by atoms with Gasteiger partial charge in [0.25, 0.3) is 0 Å². The number of ether oxygens (including phenoxy) is 1. The van der Waals surface area contributed by atoms with Crippen LogP contribution < -0.4 is 10.1 Å². The first-order valence-corrected chi connectivity index (χ1v) is 7.21. The van der Waals surface area contributed by atoms with Crippen molar-refractivity contribution in [3.8, 4) is 5.75 Å². The molecule has 110 valence electrons. The standard InChI is InChI=1S/C16H23NO3/c1-13-2-4-14(5-3-13)20-11-6-15(19)17-12-16(7-8-16)9-10-18/h2-5,18H,6-12H2,1H3,(H,17,19). The van der Waals surface area contributed by atoms with E-state index in [1.165, 1.54) is 5.56 Å². The van der Waals surface area contributed by atoms with Crippen molar-refractivity contribution in [1.82, 2.24) is 5.32 Å². The average Bonchev–Trinajstić information content (AvgIpc) is 3.20. The van der Waals surface area contributed by atoms with Crippen LogP contribution in [0.3, 0.4) is 0 Å². The third kappa shape index (κ3) is 4.53. The summed E-state index contributed by atoms with van der Waals surface area (Å²) >= 11 is 0. The second-order valence-electron chi connectivity index (χ2n) is 5.66. The number of nitrogens with one attached hydrogen (secondary N) is 1. The van der Waals surface area contributed by atoms with Gasteiger partial charge in [0.2, 0.25) is 5.91 Å². The number of hydrogen-bond acceptors (Lipinski definition) is 3. The highest BCUT2D eigenvalue weighted by Gasteiger charge is 2.41. The summed E-state index contributed by atoms with van der Waals surface area (Å²) < 4.78 is 5.53. The summed E-state index contributed by atoms with van der Waals surface area (Å²) in [6.07, 6.45) is 3.36. The Balaban J connectivity index is 1.62.